The molecule has 0 saturated heterocycles. The van der Waals surface area contributed by atoms with Crippen molar-refractivity contribution in [3.05, 3.63) is 30.2 Å². The average molecular weight is 193 g/mol. The number of hydrogen-bond acceptors (Lipinski definition) is 3. The number of hydrogen-bond donors (Lipinski definition) is 3. The number of aromatic hydroxyl groups is 1. The van der Waals surface area contributed by atoms with Crippen molar-refractivity contribution < 1.29 is 9.50 Å². The summed E-state index contributed by atoms with van der Waals surface area (Å²) in [5.74, 6) is -0.763. The van der Waals surface area contributed by atoms with Crippen LogP contribution in [0.4, 0.5) is 10.3 Å². The lowest BCUT2D eigenvalue weighted by molar-refractivity contribution is 0.432. The molecule has 1 heterocycles. The van der Waals surface area contributed by atoms with Crippen LogP contribution in [0.25, 0.3) is 11.3 Å². The number of phenolic OH excluding ortho intramolecular Hbond substituents is 1. The SMILES string of the molecule is Nc1ncc(-c2ccc(F)c(O)c2)[nH]1. The molecule has 0 saturated carbocycles. The number of phenols is 1. The fourth-order valence-electron chi connectivity index (χ4n) is 1.16. The van der Waals surface area contributed by atoms with Crippen LogP contribution in [0.5, 0.6) is 5.75 Å². The third-order valence-electron chi connectivity index (χ3n) is 1.85. The first-order chi connectivity index (χ1) is 6.66. The zero-order valence-electron chi connectivity index (χ0n) is 7.16. The van der Waals surface area contributed by atoms with Gasteiger partial charge in [-0.25, -0.2) is 9.37 Å². The number of nitrogens with two attached hydrogens (primary N) is 1. The number of rotatable bonds is 1. The lowest BCUT2D eigenvalue weighted by atomic mass is 10.1. The number of aromatic nitrogens is 2. The Morgan fingerprint density at radius 3 is 2.79 bits per heavy atom. The Bertz CT molecular complexity index is 467. The Morgan fingerprint density at radius 1 is 1.43 bits per heavy atom. The van der Waals surface area contributed by atoms with Crippen LogP contribution in [-0.4, -0.2) is 15.1 Å². The summed E-state index contributed by atoms with van der Waals surface area (Å²) in [7, 11) is 0. The highest BCUT2D eigenvalue weighted by atomic mass is 19.1. The van der Waals surface area contributed by atoms with Crippen molar-refractivity contribution in [2.75, 3.05) is 5.73 Å². The number of H-pyrrole nitrogens is 1. The van der Waals surface area contributed by atoms with Gasteiger partial charge in [0.15, 0.2) is 17.5 Å². The molecule has 0 amide bonds. The quantitative estimate of drug-likeness (QED) is 0.642. The van der Waals surface area contributed by atoms with E-state index in [1.165, 1.54) is 24.4 Å². The van der Waals surface area contributed by atoms with E-state index in [-0.39, 0.29) is 5.95 Å². The predicted molar refractivity (Wildman–Crippen MR) is 50.1 cm³/mol. The van der Waals surface area contributed by atoms with Gasteiger partial charge in [0.05, 0.1) is 11.9 Å². The summed E-state index contributed by atoms with van der Waals surface area (Å²) in [4.78, 5) is 6.56. The van der Waals surface area contributed by atoms with Crippen molar-refractivity contribution in [3.63, 3.8) is 0 Å². The van der Waals surface area contributed by atoms with E-state index in [1.54, 1.807) is 0 Å². The highest BCUT2D eigenvalue weighted by Crippen LogP contribution is 2.24. The molecule has 14 heavy (non-hydrogen) atoms. The van der Waals surface area contributed by atoms with E-state index in [0.29, 0.717) is 11.3 Å². The molecular weight excluding hydrogens is 185 g/mol. The third-order valence-corrected chi connectivity index (χ3v) is 1.85. The van der Waals surface area contributed by atoms with E-state index < -0.39 is 11.6 Å². The average Bonchev–Trinajstić information content (AvgIpc) is 2.57. The number of aromatic amines is 1. The maximum absolute atomic E-state index is 12.7. The molecule has 2 rings (SSSR count). The fourth-order valence-corrected chi connectivity index (χ4v) is 1.16. The molecule has 2 aromatic rings. The van der Waals surface area contributed by atoms with Gasteiger partial charge in [0.1, 0.15) is 0 Å². The second-order valence-corrected chi connectivity index (χ2v) is 2.85. The minimum Gasteiger partial charge on any atom is -0.505 e. The maximum Gasteiger partial charge on any atom is 0.197 e. The minimum absolute atomic E-state index is 0.281. The molecule has 5 heteroatoms. The second-order valence-electron chi connectivity index (χ2n) is 2.85. The van der Waals surface area contributed by atoms with Gasteiger partial charge < -0.3 is 15.8 Å². The smallest absolute Gasteiger partial charge is 0.197 e. The molecule has 1 aromatic carbocycles. The van der Waals surface area contributed by atoms with Gasteiger partial charge in [0.25, 0.3) is 0 Å². The van der Waals surface area contributed by atoms with Crippen molar-refractivity contribution in [2.24, 2.45) is 0 Å². The molecule has 0 spiro atoms. The number of halogens is 1. The summed E-state index contributed by atoms with van der Waals surface area (Å²) in [6.45, 7) is 0. The molecule has 0 bridgehead atoms. The molecule has 0 aliphatic carbocycles. The van der Waals surface area contributed by atoms with Crippen LogP contribution in [0.3, 0.4) is 0 Å². The van der Waals surface area contributed by atoms with Crippen molar-refractivity contribution >= 4 is 5.95 Å². The Balaban J connectivity index is 2.47. The van der Waals surface area contributed by atoms with Gasteiger partial charge in [-0.3, -0.25) is 0 Å². The van der Waals surface area contributed by atoms with Gasteiger partial charge in [-0.05, 0) is 18.2 Å². The maximum atomic E-state index is 12.7. The normalized spacial score (nSPS) is 10.4. The number of anilines is 1. The van der Waals surface area contributed by atoms with Gasteiger partial charge in [0.2, 0.25) is 0 Å². The number of benzene rings is 1. The van der Waals surface area contributed by atoms with Crippen molar-refractivity contribution in [2.45, 2.75) is 0 Å². The molecule has 1 aromatic heterocycles. The topological polar surface area (TPSA) is 74.9 Å². The first-order valence-corrected chi connectivity index (χ1v) is 3.96. The lowest BCUT2D eigenvalue weighted by Gasteiger charge is -1.99. The molecular formula is C9H8FN3O. The highest BCUT2D eigenvalue weighted by Gasteiger charge is 2.05. The number of nitrogen functional groups attached to an aromatic ring is 1. The van der Waals surface area contributed by atoms with Gasteiger partial charge >= 0.3 is 0 Å². The van der Waals surface area contributed by atoms with E-state index in [1.807, 2.05) is 0 Å². The zero-order valence-corrected chi connectivity index (χ0v) is 7.16. The Kier molecular flexibility index (Phi) is 1.85. The van der Waals surface area contributed by atoms with E-state index >= 15 is 0 Å². The largest absolute Gasteiger partial charge is 0.505 e. The van der Waals surface area contributed by atoms with Gasteiger partial charge in [-0.15, -0.1) is 0 Å². The van der Waals surface area contributed by atoms with Crippen LogP contribution < -0.4 is 5.73 Å². The van der Waals surface area contributed by atoms with E-state index in [4.69, 9.17) is 10.8 Å². The molecule has 72 valence electrons. The van der Waals surface area contributed by atoms with Gasteiger partial charge in [-0.2, -0.15) is 0 Å². The lowest BCUT2D eigenvalue weighted by Crippen LogP contribution is -1.85. The first kappa shape index (κ1) is 8.55. The van der Waals surface area contributed by atoms with Crippen LogP contribution in [0.1, 0.15) is 0 Å². The summed E-state index contributed by atoms with van der Waals surface area (Å²) in [6, 6.07) is 4.02. The van der Waals surface area contributed by atoms with Crippen LogP contribution in [0.15, 0.2) is 24.4 Å². The molecule has 0 atom stereocenters. The number of imidazole rings is 1. The monoisotopic (exact) mass is 193 g/mol. The second kappa shape index (κ2) is 3.02. The number of nitrogens with zero attached hydrogens (tertiary/aromatic N) is 1. The molecule has 4 N–H and O–H groups in total. The van der Waals surface area contributed by atoms with E-state index in [0.717, 1.165) is 0 Å². The Hall–Kier alpha value is -2.04. The summed E-state index contributed by atoms with van der Waals surface area (Å²) in [6.07, 6.45) is 1.52. The van der Waals surface area contributed by atoms with Crippen molar-refractivity contribution in [1.82, 2.24) is 9.97 Å². The first-order valence-electron chi connectivity index (χ1n) is 3.96. The predicted octanol–water partition coefficient (Wildman–Crippen LogP) is 1.50. The zero-order chi connectivity index (χ0) is 10.1. The van der Waals surface area contributed by atoms with Gasteiger partial charge in [-0.1, -0.05) is 0 Å². The minimum atomic E-state index is -0.652. The molecule has 0 unspecified atom stereocenters. The van der Waals surface area contributed by atoms with Crippen LogP contribution >= 0.6 is 0 Å². The summed E-state index contributed by atoms with van der Waals surface area (Å²) in [5, 5.41) is 9.13. The summed E-state index contributed by atoms with van der Waals surface area (Å²) in [5.41, 5.74) is 6.65. The number of nitrogens with one attached hydrogen (secondary N) is 1. The van der Waals surface area contributed by atoms with Crippen LogP contribution in [0, 0.1) is 5.82 Å². The summed E-state index contributed by atoms with van der Waals surface area (Å²) >= 11 is 0. The Morgan fingerprint density at radius 2 is 2.21 bits per heavy atom. The van der Waals surface area contributed by atoms with Crippen molar-refractivity contribution in [3.8, 4) is 17.0 Å². The van der Waals surface area contributed by atoms with E-state index in [9.17, 15) is 4.39 Å². The Labute approximate surface area is 79.2 Å². The molecule has 0 fully saturated rings. The molecule has 0 aliphatic heterocycles. The highest BCUT2D eigenvalue weighted by molar-refractivity contribution is 5.61. The fraction of sp³-hybridized carbons (Fsp3) is 0. The van der Waals surface area contributed by atoms with E-state index in [2.05, 4.69) is 9.97 Å². The van der Waals surface area contributed by atoms with Crippen LogP contribution in [0.2, 0.25) is 0 Å². The molecule has 0 radical (unpaired) electrons. The van der Waals surface area contributed by atoms with Crippen molar-refractivity contribution in [1.29, 1.82) is 0 Å². The molecule has 4 nitrogen and oxygen atoms in total. The van der Waals surface area contributed by atoms with Crippen LogP contribution in [-0.2, 0) is 0 Å². The molecule has 0 aliphatic rings. The summed E-state index contributed by atoms with van der Waals surface area (Å²) < 4.78 is 12.7. The third kappa shape index (κ3) is 1.39. The van der Waals surface area contributed by atoms with Gasteiger partial charge in [0, 0.05) is 5.56 Å². The standard InChI is InChI=1S/C9H8FN3O/c10-6-2-1-5(3-8(6)14)7-4-12-9(11)13-7/h1-4,14H,(H3,11,12,13).